The molecule has 2 saturated heterocycles. The number of anilines is 1. The predicted octanol–water partition coefficient (Wildman–Crippen LogP) is 1.76. The van der Waals surface area contributed by atoms with Crippen LogP contribution < -0.4 is 16.1 Å². The van der Waals surface area contributed by atoms with E-state index in [2.05, 4.69) is 24.8 Å². The van der Waals surface area contributed by atoms with E-state index in [1.807, 2.05) is 0 Å². The molecule has 0 aromatic carbocycles. The fourth-order valence-electron chi connectivity index (χ4n) is 4.42. The molecule has 3 aromatic rings. The number of piperidine rings is 1. The number of rotatable bonds is 6. The second-order valence-corrected chi connectivity index (χ2v) is 9.55. The van der Waals surface area contributed by atoms with E-state index < -0.39 is 29.8 Å². The highest BCUT2D eigenvalue weighted by atomic mass is 32.1. The fourth-order valence-corrected chi connectivity index (χ4v) is 5.42. The third-order valence-electron chi connectivity index (χ3n) is 6.13. The zero-order chi connectivity index (χ0) is 25.7. The first-order valence-corrected chi connectivity index (χ1v) is 12.3. The summed E-state index contributed by atoms with van der Waals surface area (Å²) in [4.78, 5) is 49.9. The first kappa shape index (κ1) is 25.9. The SMILES string of the molecule is O=CO.O=c1[nH]cc(-c2cc3c(N4CC(OCCN5CCCCC5)C(F)(F)C4)ncnc3s2)c(=O)[nH]1. The van der Waals surface area contributed by atoms with Crippen molar-refractivity contribution in [2.75, 3.05) is 44.2 Å². The third kappa shape index (κ3) is 5.77. The zero-order valence-corrected chi connectivity index (χ0v) is 20.1. The maximum Gasteiger partial charge on any atom is 0.325 e. The van der Waals surface area contributed by atoms with Crippen LogP contribution in [0.1, 0.15) is 19.3 Å². The van der Waals surface area contributed by atoms with E-state index in [-0.39, 0.29) is 25.2 Å². The molecule has 3 N–H and O–H groups in total. The largest absolute Gasteiger partial charge is 0.483 e. The highest BCUT2D eigenvalue weighted by molar-refractivity contribution is 7.21. The zero-order valence-electron chi connectivity index (χ0n) is 19.3. The Hall–Kier alpha value is -3.23. The van der Waals surface area contributed by atoms with Crippen LogP contribution >= 0.6 is 11.3 Å². The molecule has 1 unspecified atom stereocenters. The Morgan fingerprint density at radius 2 is 2.00 bits per heavy atom. The Morgan fingerprint density at radius 1 is 1.25 bits per heavy atom. The van der Waals surface area contributed by atoms with Crippen LogP contribution in [-0.4, -0.2) is 87.8 Å². The van der Waals surface area contributed by atoms with Gasteiger partial charge in [-0.25, -0.2) is 23.5 Å². The van der Waals surface area contributed by atoms with E-state index in [0.717, 1.165) is 25.9 Å². The van der Waals surface area contributed by atoms with Crippen LogP contribution in [0.25, 0.3) is 20.7 Å². The van der Waals surface area contributed by atoms with Gasteiger partial charge in [0.15, 0.2) is 0 Å². The summed E-state index contributed by atoms with van der Waals surface area (Å²) < 4.78 is 35.2. The van der Waals surface area contributed by atoms with Gasteiger partial charge in [0.2, 0.25) is 0 Å². The molecule has 1 atom stereocenters. The maximum absolute atomic E-state index is 14.8. The van der Waals surface area contributed by atoms with Gasteiger partial charge in [-0.1, -0.05) is 6.42 Å². The molecular weight excluding hydrogens is 498 g/mol. The summed E-state index contributed by atoms with van der Waals surface area (Å²) in [6.07, 6.45) is 4.95. The molecule has 3 aromatic heterocycles. The van der Waals surface area contributed by atoms with Crippen molar-refractivity contribution >= 4 is 33.8 Å². The number of fused-ring (bicyclic) bond motifs is 1. The minimum Gasteiger partial charge on any atom is -0.483 e. The number of nitrogens with zero attached hydrogens (tertiary/aromatic N) is 4. The normalized spacial score (nSPS) is 19.7. The molecule has 194 valence electrons. The molecule has 5 rings (SSSR count). The number of nitrogens with one attached hydrogen (secondary N) is 2. The summed E-state index contributed by atoms with van der Waals surface area (Å²) in [5, 5.41) is 7.47. The van der Waals surface area contributed by atoms with Crippen LogP contribution in [0.3, 0.4) is 0 Å². The Labute approximate surface area is 207 Å². The molecule has 0 radical (unpaired) electrons. The van der Waals surface area contributed by atoms with Crippen LogP contribution in [0.4, 0.5) is 14.6 Å². The maximum atomic E-state index is 14.8. The lowest BCUT2D eigenvalue weighted by atomic mass is 10.1. The summed E-state index contributed by atoms with van der Waals surface area (Å²) in [6.45, 7) is 2.18. The number of aromatic nitrogens is 4. The molecule has 11 nitrogen and oxygen atoms in total. The van der Waals surface area contributed by atoms with Crippen molar-refractivity contribution in [1.82, 2.24) is 24.8 Å². The molecule has 2 fully saturated rings. The van der Waals surface area contributed by atoms with E-state index in [4.69, 9.17) is 14.6 Å². The molecule has 0 saturated carbocycles. The number of H-pyrrole nitrogens is 2. The smallest absolute Gasteiger partial charge is 0.325 e. The van der Waals surface area contributed by atoms with Gasteiger partial charge in [-0.3, -0.25) is 14.6 Å². The van der Waals surface area contributed by atoms with Gasteiger partial charge in [-0.2, -0.15) is 0 Å². The number of hydrogen-bond acceptors (Lipinski definition) is 9. The van der Waals surface area contributed by atoms with Crippen molar-refractivity contribution in [3.05, 3.63) is 39.4 Å². The van der Waals surface area contributed by atoms with Crippen LogP contribution in [0.15, 0.2) is 28.2 Å². The van der Waals surface area contributed by atoms with Gasteiger partial charge in [0, 0.05) is 17.6 Å². The van der Waals surface area contributed by atoms with E-state index in [9.17, 15) is 18.4 Å². The summed E-state index contributed by atoms with van der Waals surface area (Å²) in [5.74, 6) is -2.63. The first-order valence-electron chi connectivity index (χ1n) is 11.4. The molecule has 5 heterocycles. The number of carboxylic acid groups (broad SMARTS) is 1. The quantitative estimate of drug-likeness (QED) is 0.411. The number of ether oxygens (including phenoxy) is 1. The monoisotopic (exact) mass is 524 g/mol. The molecular formula is C22H26F2N6O5S. The van der Waals surface area contributed by atoms with E-state index in [1.165, 1.54) is 35.2 Å². The minimum atomic E-state index is -3.01. The van der Waals surface area contributed by atoms with E-state index in [1.54, 1.807) is 6.07 Å². The number of alkyl halides is 2. The lowest BCUT2D eigenvalue weighted by molar-refractivity contribution is -0.122. The Kier molecular flexibility index (Phi) is 8.06. The molecule has 2 aliphatic rings. The topological polar surface area (TPSA) is 145 Å². The Balaban J connectivity index is 0.000000967. The lowest BCUT2D eigenvalue weighted by Gasteiger charge is -2.27. The average Bonchev–Trinajstić information content (AvgIpc) is 3.40. The first-order chi connectivity index (χ1) is 17.3. The standard InChI is InChI=1S/C21H24F2N6O3S.CH2O2/c22-21(23)11-29(10-16(21)32-7-6-28-4-2-1-3-5-28)17-13-8-15(33-19(13)26-12-25-17)14-9-24-20(31)27-18(14)30;2-1-3/h8-9,12,16H,1-7,10-11H2,(H2,24,27,30,31);1H,(H,2,3). The third-order valence-corrected chi connectivity index (χ3v) is 7.20. The minimum absolute atomic E-state index is 0.0174. The van der Waals surface area contributed by atoms with Gasteiger partial charge in [0.25, 0.3) is 18.0 Å². The molecule has 0 bridgehead atoms. The summed E-state index contributed by atoms with van der Waals surface area (Å²) in [5.41, 5.74) is -0.861. The van der Waals surface area contributed by atoms with Gasteiger partial charge in [0.1, 0.15) is 23.1 Å². The van der Waals surface area contributed by atoms with Crippen LogP contribution in [0, 0.1) is 0 Å². The van der Waals surface area contributed by atoms with Crippen LogP contribution in [-0.2, 0) is 9.53 Å². The molecule has 36 heavy (non-hydrogen) atoms. The molecule has 2 aliphatic heterocycles. The average molecular weight is 525 g/mol. The number of likely N-dealkylation sites (tertiary alicyclic amines) is 1. The van der Waals surface area contributed by atoms with Gasteiger partial charge >= 0.3 is 5.69 Å². The second-order valence-electron chi connectivity index (χ2n) is 8.52. The predicted molar refractivity (Wildman–Crippen MR) is 130 cm³/mol. The molecule has 0 spiro atoms. The Bertz CT molecular complexity index is 1310. The van der Waals surface area contributed by atoms with E-state index in [0.29, 0.717) is 27.5 Å². The number of halogens is 2. The number of thiophene rings is 1. The van der Waals surface area contributed by atoms with Crippen molar-refractivity contribution < 1.29 is 23.4 Å². The number of carbonyl (C=O) groups is 1. The molecule has 0 aliphatic carbocycles. The van der Waals surface area contributed by atoms with Crippen molar-refractivity contribution in [2.45, 2.75) is 31.3 Å². The lowest BCUT2D eigenvalue weighted by Crippen LogP contribution is -2.38. The van der Waals surface area contributed by atoms with Gasteiger partial charge < -0.3 is 24.6 Å². The van der Waals surface area contributed by atoms with Gasteiger partial charge in [0.05, 0.1) is 30.6 Å². The fraction of sp³-hybridized carbons (Fsp3) is 0.500. The number of hydrogen-bond donors (Lipinski definition) is 3. The van der Waals surface area contributed by atoms with Crippen molar-refractivity contribution in [2.24, 2.45) is 0 Å². The number of aromatic amines is 2. The highest BCUT2D eigenvalue weighted by Crippen LogP contribution is 2.38. The summed E-state index contributed by atoms with van der Waals surface area (Å²) >= 11 is 1.23. The van der Waals surface area contributed by atoms with Crippen molar-refractivity contribution in [1.29, 1.82) is 0 Å². The summed E-state index contributed by atoms with van der Waals surface area (Å²) in [7, 11) is 0. The molecule has 14 heteroatoms. The van der Waals surface area contributed by atoms with Crippen molar-refractivity contribution in [3.8, 4) is 10.4 Å². The van der Waals surface area contributed by atoms with Crippen molar-refractivity contribution in [3.63, 3.8) is 0 Å². The Morgan fingerprint density at radius 3 is 2.72 bits per heavy atom. The molecule has 0 amide bonds. The second kappa shape index (κ2) is 11.2. The van der Waals surface area contributed by atoms with Gasteiger partial charge in [-0.15, -0.1) is 11.3 Å². The van der Waals surface area contributed by atoms with Crippen LogP contribution in [0.2, 0.25) is 0 Å². The summed E-state index contributed by atoms with van der Waals surface area (Å²) in [6, 6.07) is 1.70. The highest BCUT2D eigenvalue weighted by Gasteiger charge is 2.49. The van der Waals surface area contributed by atoms with E-state index >= 15 is 0 Å². The van der Waals surface area contributed by atoms with Gasteiger partial charge in [-0.05, 0) is 32.0 Å². The van der Waals surface area contributed by atoms with Crippen LogP contribution in [0.5, 0.6) is 0 Å².